The number of rotatable bonds is 8. The van der Waals surface area contributed by atoms with E-state index in [9.17, 15) is 39.1 Å². The lowest BCUT2D eigenvalue weighted by Gasteiger charge is -2.51. The number of carboxylic acid groups (broad SMARTS) is 1. The van der Waals surface area contributed by atoms with Crippen LogP contribution in [0.25, 0.3) is 0 Å². The third-order valence-corrected chi connectivity index (χ3v) is 9.76. The molecule has 1 unspecified atom stereocenters. The summed E-state index contributed by atoms with van der Waals surface area (Å²) in [6.07, 6.45) is 1.65. The van der Waals surface area contributed by atoms with E-state index in [-0.39, 0.29) is 53.2 Å². The molecule has 0 spiro atoms. The van der Waals surface area contributed by atoms with Crippen molar-refractivity contribution in [3.8, 4) is 0 Å². The van der Waals surface area contributed by atoms with Gasteiger partial charge in [0.25, 0.3) is 5.91 Å². The lowest BCUT2D eigenvalue weighted by molar-refractivity contribution is -0.159. The van der Waals surface area contributed by atoms with Crippen LogP contribution in [0.15, 0.2) is 41.4 Å². The number of β-lactam (4-membered cyclic amide) rings is 1. The highest BCUT2D eigenvalue weighted by molar-refractivity contribution is 8.03. The van der Waals surface area contributed by atoms with Gasteiger partial charge < -0.3 is 49.6 Å². The second-order valence-electron chi connectivity index (χ2n) is 10.8. The van der Waals surface area contributed by atoms with Crippen molar-refractivity contribution in [1.82, 2.24) is 29.4 Å². The molecule has 47 heavy (non-hydrogen) atoms. The third-order valence-electron chi connectivity index (χ3n) is 8.03. The maximum absolute atomic E-state index is 13.4. The smallest absolute Gasteiger partial charge is 0.479 e. The second-order valence-corrected chi connectivity index (χ2v) is 12.6. The number of thioether (sulfide) groups is 1. The number of anilines is 1. The van der Waals surface area contributed by atoms with Crippen LogP contribution in [0.5, 0.6) is 0 Å². The fourth-order valence-corrected chi connectivity index (χ4v) is 7.35. The van der Waals surface area contributed by atoms with Gasteiger partial charge in [0, 0.05) is 36.7 Å². The van der Waals surface area contributed by atoms with E-state index >= 15 is 0 Å². The summed E-state index contributed by atoms with van der Waals surface area (Å²) >= 11 is 1.87. The predicted molar refractivity (Wildman–Crippen MR) is 159 cm³/mol. The molecule has 4 aliphatic heterocycles. The minimum atomic E-state index is -1.41. The van der Waals surface area contributed by atoms with Gasteiger partial charge in [0.1, 0.15) is 11.4 Å². The molecular weight excluding hydrogens is 664 g/mol. The molecule has 2 aromatic rings. The van der Waals surface area contributed by atoms with E-state index in [1.165, 1.54) is 23.3 Å². The molecule has 3 saturated heterocycles. The van der Waals surface area contributed by atoms with Crippen molar-refractivity contribution in [3.05, 3.63) is 50.6 Å². The number of nitrogens with zero attached hydrogens (tertiary/aromatic N) is 6. The van der Waals surface area contributed by atoms with Crippen LogP contribution in [-0.4, -0.2) is 113 Å². The van der Waals surface area contributed by atoms with Crippen LogP contribution in [0.1, 0.15) is 30.2 Å². The number of oxime groups is 1. The Kier molecular flexibility index (Phi) is 8.49. The zero-order chi connectivity index (χ0) is 33.6. The molecule has 4 aliphatic rings. The van der Waals surface area contributed by atoms with Crippen molar-refractivity contribution in [3.63, 3.8) is 0 Å². The van der Waals surface area contributed by atoms with Gasteiger partial charge in [-0.3, -0.25) is 14.4 Å². The number of carboxylic acids is 1. The van der Waals surface area contributed by atoms with Crippen molar-refractivity contribution < 1.29 is 47.9 Å². The molecular formula is C26H26N8O11S2. The van der Waals surface area contributed by atoms with Gasteiger partial charge in [-0.05, 0) is 36.8 Å². The molecule has 0 aliphatic carbocycles. The van der Waals surface area contributed by atoms with Crippen LogP contribution < -0.4 is 16.9 Å². The number of nitrogens with one attached hydrogen (secondary N) is 1. The number of aliphatic carboxylic acids is 1. The van der Waals surface area contributed by atoms with Crippen molar-refractivity contribution in [1.29, 1.82) is 0 Å². The van der Waals surface area contributed by atoms with E-state index in [0.29, 0.717) is 31.5 Å². The summed E-state index contributed by atoms with van der Waals surface area (Å²) in [7, 11) is 0. The summed E-state index contributed by atoms with van der Waals surface area (Å²) in [4.78, 5) is 83.3. The topological polar surface area (TPSA) is 264 Å². The molecule has 19 nitrogen and oxygen atoms in total. The Morgan fingerprint density at radius 1 is 1.26 bits per heavy atom. The summed E-state index contributed by atoms with van der Waals surface area (Å²) < 4.78 is 18.6. The zero-order valence-corrected chi connectivity index (χ0v) is 26.0. The van der Waals surface area contributed by atoms with E-state index in [2.05, 4.69) is 19.8 Å². The molecule has 0 radical (unpaired) electrons. The Labute approximate surface area is 271 Å². The van der Waals surface area contributed by atoms with Gasteiger partial charge in [-0.2, -0.15) is 9.36 Å². The van der Waals surface area contributed by atoms with Crippen LogP contribution in [0, 0.1) is 6.92 Å². The number of carbonyl (C=O) groups is 5. The van der Waals surface area contributed by atoms with Gasteiger partial charge in [-0.15, -0.1) is 11.8 Å². The number of carbonyl (C=O) groups excluding carboxylic acids is 4. The highest BCUT2D eigenvalue weighted by Crippen LogP contribution is 2.41. The fraction of sp³-hybridized carbons (Fsp3) is 0.423. The van der Waals surface area contributed by atoms with Crippen molar-refractivity contribution in [2.24, 2.45) is 5.16 Å². The number of likely N-dealkylation sites (tertiary alicyclic amines) is 2. The Morgan fingerprint density at radius 2 is 2.04 bits per heavy atom. The van der Waals surface area contributed by atoms with Crippen molar-refractivity contribution >= 4 is 63.9 Å². The average molecular weight is 691 g/mol. The molecule has 0 saturated carbocycles. The Bertz CT molecular complexity index is 1810. The van der Waals surface area contributed by atoms with E-state index in [0.717, 1.165) is 28.2 Å². The monoisotopic (exact) mass is 690 g/mol. The number of fused-ring (bicyclic) bond motifs is 1. The van der Waals surface area contributed by atoms with Gasteiger partial charge in [0.15, 0.2) is 29.3 Å². The Morgan fingerprint density at radius 3 is 2.70 bits per heavy atom. The maximum Gasteiger partial charge on any atom is 0.519 e. The van der Waals surface area contributed by atoms with Gasteiger partial charge in [-0.25, -0.2) is 14.4 Å². The molecule has 3 fully saturated rings. The first-order chi connectivity index (χ1) is 22.5. The maximum atomic E-state index is 13.4. The molecule has 0 bridgehead atoms. The van der Waals surface area contributed by atoms with E-state index < -0.39 is 52.9 Å². The standard InChI is InChI=1S/C26H26N8O11S2/c1-10-14(45-26(41)44-10)8-43-25(40)32-4-3-13(7-32)33-5-2-11(20(33)36)6-12-9-46-22-16(21(37)34(22)17(12)23(38)39)28-19(35)15(30-42)18-29-24(27)47-31-18/h6,9,13,16-17,22,42H,2-5,7-8H2,1H3,(H,28,35)(H,38,39)(H2,27,29,31)/b11-6+,30-15-/t13-,16-,17?,22-/m1/s1. The molecule has 2 aromatic heterocycles. The zero-order valence-electron chi connectivity index (χ0n) is 24.4. The van der Waals surface area contributed by atoms with Crippen LogP contribution in [0.3, 0.4) is 0 Å². The molecule has 4 amide bonds. The average Bonchev–Trinajstić information content (AvgIpc) is 3.83. The molecule has 0 aromatic carbocycles. The number of hydrogen-bond acceptors (Lipinski definition) is 16. The number of ether oxygens (including phenoxy) is 1. The highest BCUT2D eigenvalue weighted by Gasteiger charge is 2.56. The summed E-state index contributed by atoms with van der Waals surface area (Å²) in [5.74, 6) is -4.10. The molecule has 5 N–H and O–H groups in total. The van der Waals surface area contributed by atoms with Gasteiger partial charge >= 0.3 is 17.9 Å². The number of aryl methyl sites for hydroxylation is 1. The molecule has 248 valence electrons. The predicted octanol–water partition coefficient (Wildman–Crippen LogP) is -0.540. The number of nitrogens with two attached hydrogens (primary N) is 1. The van der Waals surface area contributed by atoms with Crippen LogP contribution in [0.2, 0.25) is 0 Å². The molecule has 6 rings (SSSR count). The summed E-state index contributed by atoms with van der Waals surface area (Å²) in [5, 5.41) is 25.5. The third kappa shape index (κ3) is 5.93. The lowest BCUT2D eigenvalue weighted by atomic mass is 9.96. The molecule has 21 heteroatoms. The van der Waals surface area contributed by atoms with Crippen LogP contribution in [-0.2, 0) is 30.5 Å². The largest absolute Gasteiger partial charge is 0.519 e. The SMILES string of the molecule is Cc1oc(=O)oc1COC(=O)N1CC[C@@H](N2CC/C(=C\C3=CS[C@@H]4[C@H](NC(=O)/C(=N\O)c5nsc(N)n5)C(=O)N4C3C(=O)O)C2=O)C1. The van der Waals surface area contributed by atoms with Crippen LogP contribution in [0.4, 0.5) is 9.93 Å². The quantitative estimate of drug-likeness (QED) is 0.0891. The second kappa shape index (κ2) is 12.5. The van der Waals surface area contributed by atoms with E-state index in [1.54, 1.807) is 4.90 Å². The van der Waals surface area contributed by atoms with Crippen LogP contribution >= 0.6 is 23.3 Å². The number of amides is 4. The Hall–Kier alpha value is -5.18. The first-order valence-corrected chi connectivity index (χ1v) is 15.7. The minimum absolute atomic E-state index is 0.0308. The minimum Gasteiger partial charge on any atom is -0.479 e. The van der Waals surface area contributed by atoms with Gasteiger partial charge in [0.2, 0.25) is 23.4 Å². The first-order valence-electron chi connectivity index (χ1n) is 14.0. The molecule has 4 atom stereocenters. The van der Waals surface area contributed by atoms with E-state index in [1.807, 2.05) is 0 Å². The number of aromatic nitrogens is 2. The Balaban J connectivity index is 1.08. The van der Waals surface area contributed by atoms with Gasteiger partial charge in [0.05, 0.1) is 6.04 Å². The van der Waals surface area contributed by atoms with Crippen molar-refractivity contribution in [2.45, 2.75) is 49.9 Å². The summed E-state index contributed by atoms with van der Waals surface area (Å²) in [6, 6.07) is -2.84. The highest BCUT2D eigenvalue weighted by atomic mass is 32.2. The normalized spacial score (nSPS) is 25.1. The number of hydrogen-bond donors (Lipinski definition) is 4. The van der Waals surface area contributed by atoms with E-state index in [4.69, 9.17) is 19.3 Å². The lowest BCUT2D eigenvalue weighted by Crippen LogP contribution is -2.74. The van der Waals surface area contributed by atoms with Gasteiger partial charge in [-0.1, -0.05) is 5.16 Å². The first kappa shape index (κ1) is 31.8. The van der Waals surface area contributed by atoms with Crippen molar-refractivity contribution in [2.75, 3.05) is 25.4 Å². The molecule has 6 heterocycles. The summed E-state index contributed by atoms with van der Waals surface area (Å²) in [5.41, 5.74) is 5.53. The fourth-order valence-electron chi connectivity index (χ4n) is 5.72. The summed E-state index contributed by atoms with van der Waals surface area (Å²) in [6.45, 7) is 2.12. The number of nitrogen functional groups attached to an aromatic ring is 1.